The maximum atomic E-state index is 5.73. The normalized spacial score (nSPS) is 26.5. The van der Waals surface area contributed by atoms with Crippen LogP contribution >= 0.6 is 0 Å². The van der Waals surface area contributed by atoms with E-state index < -0.39 is 0 Å². The highest BCUT2D eigenvalue weighted by molar-refractivity contribution is 4.80. The Bertz CT molecular complexity index is 141. The molecule has 1 rings (SSSR count). The minimum Gasteiger partial charge on any atom is -0.384 e. The number of hydrogen-bond acceptors (Lipinski definition) is 3. The third kappa shape index (κ3) is 2.93. The molecule has 0 spiro atoms. The summed E-state index contributed by atoms with van der Waals surface area (Å²) in [5, 5.41) is 0. The van der Waals surface area contributed by atoms with E-state index in [9.17, 15) is 0 Å². The first kappa shape index (κ1) is 11.0. The Hall–Kier alpha value is -0.120. The van der Waals surface area contributed by atoms with E-state index in [1.807, 2.05) is 0 Å². The summed E-state index contributed by atoms with van der Waals surface area (Å²) in [7, 11) is 1.76. The van der Waals surface area contributed by atoms with Gasteiger partial charge in [-0.25, -0.2) is 0 Å². The lowest BCUT2D eigenvalue weighted by Crippen LogP contribution is -2.30. The Balaban J connectivity index is 2.33. The smallest absolute Gasteiger partial charge is 0.0505 e. The fraction of sp³-hybridized carbons (Fsp3) is 1.00. The first-order valence-corrected chi connectivity index (χ1v) is 5.23. The van der Waals surface area contributed by atoms with Crippen molar-refractivity contribution < 1.29 is 4.74 Å². The van der Waals surface area contributed by atoms with E-state index in [0.717, 1.165) is 19.1 Å². The van der Waals surface area contributed by atoms with Crippen molar-refractivity contribution in [2.24, 2.45) is 17.6 Å². The molecule has 0 aromatic heterocycles. The van der Waals surface area contributed by atoms with E-state index in [-0.39, 0.29) is 0 Å². The van der Waals surface area contributed by atoms with Gasteiger partial charge < -0.3 is 15.4 Å². The zero-order valence-electron chi connectivity index (χ0n) is 8.83. The zero-order valence-corrected chi connectivity index (χ0v) is 8.83. The average molecular weight is 186 g/mol. The zero-order chi connectivity index (χ0) is 9.68. The Morgan fingerprint density at radius 3 is 2.85 bits per heavy atom. The van der Waals surface area contributed by atoms with Crippen LogP contribution in [0.3, 0.4) is 0 Å². The minimum atomic E-state index is 0.557. The van der Waals surface area contributed by atoms with Gasteiger partial charge in [-0.05, 0) is 37.9 Å². The Kier molecular flexibility index (Phi) is 4.70. The van der Waals surface area contributed by atoms with Crippen LogP contribution in [0.4, 0.5) is 0 Å². The third-order valence-corrected chi connectivity index (χ3v) is 3.11. The number of hydrogen-bond donors (Lipinski definition) is 1. The van der Waals surface area contributed by atoms with Crippen LogP contribution in [-0.2, 0) is 4.74 Å². The van der Waals surface area contributed by atoms with Crippen LogP contribution in [0.1, 0.15) is 13.3 Å². The van der Waals surface area contributed by atoms with Gasteiger partial charge in [0.1, 0.15) is 0 Å². The average Bonchev–Trinajstić information content (AvgIpc) is 2.62. The first-order valence-electron chi connectivity index (χ1n) is 5.23. The molecule has 1 heterocycles. The Morgan fingerprint density at radius 2 is 2.38 bits per heavy atom. The van der Waals surface area contributed by atoms with Gasteiger partial charge in [-0.1, -0.05) is 6.92 Å². The van der Waals surface area contributed by atoms with Crippen molar-refractivity contribution in [2.45, 2.75) is 13.3 Å². The van der Waals surface area contributed by atoms with E-state index >= 15 is 0 Å². The van der Waals surface area contributed by atoms with Gasteiger partial charge in [0, 0.05) is 13.7 Å². The SMILES string of the molecule is CCN1CCC(C(CN)COC)C1. The van der Waals surface area contributed by atoms with E-state index in [0.29, 0.717) is 5.92 Å². The molecule has 1 fully saturated rings. The predicted octanol–water partition coefficient (Wildman–Crippen LogP) is 0.550. The lowest BCUT2D eigenvalue weighted by atomic mass is 9.92. The number of nitrogens with two attached hydrogens (primary N) is 1. The van der Waals surface area contributed by atoms with E-state index in [1.165, 1.54) is 26.1 Å². The maximum absolute atomic E-state index is 5.73. The molecule has 3 heteroatoms. The molecule has 0 saturated carbocycles. The molecule has 13 heavy (non-hydrogen) atoms. The summed E-state index contributed by atoms with van der Waals surface area (Å²) >= 11 is 0. The summed E-state index contributed by atoms with van der Waals surface area (Å²) in [6.45, 7) is 7.41. The molecule has 2 atom stereocenters. The van der Waals surface area contributed by atoms with Crippen molar-refractivity contribution >= 4 is 0 Å². The van der Waals surface area contributed by atoms with Gasteiger partial charge in [0.2, 0.25) is 0 Å². The molecule has 1 aliphatic heterocycles. The Labute approximate surface area is 81.2 Å². The summed E-state index contributed by atoms with van der Waals surface area (Å²) in [6, 6.07) is 0. The molecule has 0 aromatic carbocycles. The molecule has 3 nitrogen and oxygen atoms in total. The summed E-state index contributed by atoms with van der Waals surface area (Å²) < 4.78 is 5.18. The molecule has 0 aliphatic carbocycles. The van der Waals surface area contributed by atoms with Crippen LogP contribution in [0.5, 0.6) is 0 Å². The summed E-state index contributed by atoms with van der Waals surface area (Å²) in [5.41, 5.74) is 5.73. The Morgan fingerprint density at radius 1 is 1.62 bits per heavy atom. The molecule has 1 saturated heterocycles. The van der Waals surface area contributed by atoms with Gasteiger partial charge >= 0.3 is 0 Å². The van der Waals surface area contributed by atoms with Crippen molar-refractivity contribution in [1.29, 1.82) is 0 Å². The highest BCUT2D eigenvalue weighted by Crippen LogP contribution is 2.23. The molecule has 1 aliphatic rings. The lowest BCUT2D eigenvalue weighted by Gasteiger charge is -2.21. The first-order chi connectivity index (χ1) is 6.31. The van der Waals surface area contributed by atoms with Crippen molar-refractivity contribution in [3.63, 3.8) is 0 Å². The molecule has 0 aromatic rings. The highest BCUT2D eigenvalue weighted by atomic mass is 16.5. The molecular formula is C10H22N2O. The van der Waals surface area contributed by atoms with Gasteiger partial charge in [-0.3, -0.25) is 0 Å². The molecule has 0 radical (unpaired) electrons. The fourth-order valence-electron chi connectivity index (χ4n) is 2.15. The lowest BCUT2D eigenvalue weighted by molar-refractivity contribution is 0.125. The fourth-order valence-corrected chi connectivity index (χ4v) is 2.15. The number of likely N-dealkylation sites (tertiary alicyclic amines) is 1. The second-order valence-electron chi connectivity index (χ2n) is 3.89. The third-order valence-electron chi connectivity index (χ3n) is 3.11. The number of nitrogens with zero attached hydrogens (tertiary/aromatic N) is 1. The number of ether oxygens (including phenoxy) is 1. The van der Waals surface area contributed by atoms with Crippen LogP contribution in [0.2, 0.25) is 0 Å². The van der Waals surface area contributed by atoms with E-state index in [2.05, 4.69) is 11.8 Å². The second kappa shape index (κ2) is 5.58. The second-order valence-corrected chi connectivity index (χ2v) is 3.89. The largest absolute Gasteiger partial charge is 0.384 e. The van der Waals surface area contributed by atoms with Crippen molar-refractivity contribution in [3.8, 4) is 0 Å². The van der Waals surface area contributed by atoms with Gasteiger partial charge in [-0.15, -0.1) is 0 Å². The van der Waals surface area contributed by atoms with Crippen molar-refractivity contribution in [3.05, 3.63) is 0 Å². The minimum absolute atomic E-state index is 0.557. The number of methoxy groups -OCH3 is 1. The molecule has 0 amide bonds. The van der Waals surface area contributed by atoms with E-state index in [4.69, 9.17) is 10.5 Å². The van der Waals surface area contributed by atoms with Crippen molar-refractivity contribution in [2.75, 3.05) is 39.9 Å². The monoisotopic (exact) mass is 186 g/mol. The van der Waals surface area contributed by atoms with Crippen molar-refractivity contribution in [1.82, 2.24) is 4.90 Å². The highest BCUT2D eigenvalue weighted by Gasteiger charge is 2.27. The van der Waals surface area contributed by atoms with Gasteiger partial charge in [0.05, 0.1) is 6.61 Å². The topological polar surface area (TPSA) is 38.5 Å². The van der Waals surface area contributed by atoms with Crippen LogP contribution in [0.25, 0.3) is 0 Å². The molecular weight excluding hydrogens is 164 g/mol. The number of rotatable bonds is 5. The molecule has 0 bridgehead atoms. The molecule has 2 N–H and O–H groups in total. The van der Waals surface area contributed by atoms with Crippen LogP contribution in [-0.4, -0.2) is 44.8 Å². The molecule has 2 unspecified atom stereocenters. The molecule has 78 valence electrons. The standard InChI is InChI=1S/C10H22N2O/c1-3-12-5-4-9(7-12)10(6-11)8-13-2/h9-10H,3-8,11H2,1-2H3. The van der Waals surface area contributed by atoms with Gasteiger partial charge in [0.15, 0.2) is 0 Å². The van der Waals surface area contributed by atoms with Crippen LogP contribution < -0.4 is 5.73 Å². The quantitative estimate of drug-likeness (QED) is 0.681. The van der Waals surface area contributed by atoms with Gasteiger partial charge in [-0.2, -0.15) is 0 Å². The van der Waals surface area contributed by atoms with Gasteiger partial charge in [0.25, 0.3) is 0 Å². The van der Waals surface area contributed by atoms with E-state index in [1.54, 1.807) is 7.11 Å². The summed E-state index contributed by atoms with van der Waals surface area (Å²) in [6.07, 6.45) is 1.29. The maximum Gasteiger partial charge on any atom is 0.0505 e. The summed E-state index contributed by atoms with van der Waals surface area (Å²) in [5.74, 6) is 1.31. The van der Waals surface area contributed by atoms with Crippen LogP contribution in [0, 0.1) is 11.8 Å². The summed E-state index contributed by atoms with van der Waals surface area (Å²) in [4.78, 5) is 2.49. The van der Waals surface area contributed by atoms with Crippen LogP contribution in [0.15, 0.2) is 0 Å². The predicted molar refractivity (Wildman–Crippen MR) is 54.6 cm³/mol.